The maximum absolute atomic E-state index is 12.5. The summed E-state index contributed by atoms with van der Waals surface area (Å²) in [5.41, 5.74) is 2.94. The minimum absolute atomic E-state index is 0.0790. The number of hydrogen-bond acceptors (Lipinski definition) is 3. The monoisotopic (exact) mass is 324 g/mol. The molecule has 1 saturated heterocycles. The zero-order valence-electron chi connectivity index (χ0n) is 13.7. The topological polar surface area (TPSA) is 74.3 Å². The molecule has 2 aromatic rings. The first kappa shape index (κ1) is 16.0. The molecule has 3 rings (SSSR count). The number of carbonyl (C=O) groups excluding carboxylic acids is 2. The number of hydrogen-bond donors (Lipinski definition) is 2. The summed E-state index contributed by atoms with van der Waals surface area (Å²) in [7, 11) is 0. The molecule has 0 saturated carbocycles. The summed E-state index contributed by atoms with van der Waals surface area (Å²) in [5, 5.41) is 5.71. The Labute approximate surface area is 140 Å². The molecule has 0 radical (unpaired) electrons. The number of carbonyl (C=O) groups is 2. The molecular weight excluding hydrogens is 304 g/mol. The third-order valence-electron chi connectivity index (χ3n) is 4.12. The molecule has 1 aromatic carbocycles. The second-order valence-electron chi connectivity index (χ2n) is 5.80. The van der Waals surface area contributed by atoms with Crippen LogP contribution in [0.2, 0.25) is 0 Å². The Morgan fingerprint density at radius 1 is 1.42 bits per heavy atom. The number of pyridine rings is 1. The third-order valence-corrected chi connectivity index (χ3v) is 4.12. The molecule has 124 valence electrons. The molecule has 1 fully saturated rings. The Bertz CT molecular complexity index is 775. The van der Waals surface area contributed by atoms with Gasteiger partial charge in [-0.2, -0.15) is 0 Å². The molecule has 24 heavy (non-hydrogen) atoms. The summed E-state index contributed by atoms with van der Waals surface area (Å²) < 4.78 is 0. The van der Waals surface area contributed by atoms with E-state index in [-0.39, 0.29) is 18.0 Å². The molecule has 1 aromatic heterocycles. The average Bonchev–Trinajstić information content (AvgIpc) is 2.93. The molecule has 0 bridgehead atoms. The van der Waals surface area contributed by atoms with Crippen molar-refractivity contribution in [2.24, 2.45) is 0 Å². The quantitative estimate of drug-likeness (QED) is 0.908. The lowest BCUT2D eigenvalue weighted by molar-refractivity contribution is 0.102. The Kier molecular flexibility index (Phi) is 4.46. The van der Waals surface area contributed by atoms with Crippen LogP contribution in [0.4, 0.5) is 16.2 Å². The smallest absolute Gasteiger partial charge is 0.322 e. The summed E-state index contributed by atoms with van der Waals surface area (Å²) in [6.45, 7) is 4.59. The normalized spacial score (nSPS) is 16.8. The van der Waals surface area contributed by atoms with E-state index in [1.54, 1.807) is 23.4 Å². The van der Waals surface area contributed by atoms with Crippen molar-refractivity contribution in [3.05, 3.63) is 53.9 Å². The molecule has 1 aliphatic heterocycles. The van der Waals surface area contributed by atoms with Crippen molar-refractivity contribution in [2.75, 3.05) is 16.8 Å². The van der Waals surface area contributed by atoms with Crippen molar-refractivity contribution >= 4 is 23.3 Å². The van der Waals surface area contributed by atoms with Crippen LogP contribution in [0, 0.1) is 0 Å². The molecule has 6 heteroatoms. The molecule has 2 N–H and O–H groups in total. The van der Waals surface area contributed by atoms with Crippen LogP contribution in [0.3, 0.4) is 0 Å². The van der Waals surface area contributed by atoms with Crippen molar-refractivity contribution in [2.45, 2.75) is 26.3 Å². The number of benzene rings is 1. The number of anilines is 2. The molecule has 1 atom stereocenters. The number of amides is 3. The van der Waals surface area contributed by atoms with Gasteiger partial charge in [0.25, 0.3) is 5.91 Å². The predicted octanol–water partition coefficient (Wildman–Crippen LogP) is 2.81. The van der Waals surface area contributed by atoms with Gasteiger partial charge in [0.2, 0.25) is 0 Å². The minimum atomic E-state index is -0.176. The van der Waals surface area contributed by atoms with Crippen LogP contribution in [-0.2, 0) is 6.42 Å². The maximum Gasteiger partial charge on any atom is 0.322 e. The average molecular weight is 324 g/mol. The Balaban J connectivity index is 1.82. The first-order valence-corrected chi connectivity index (χ1v) is 8.01. The van der Waals surface area contributed by atoms with E-state index in [4.69, 9.17) is 0 Å². The fraction of sp³-hybridized carbons (Fsp3) is 0.278. The Hall–Kier alpha value is -2.89. The van der Waals surface area contributed by atoms with E-state index in [2.05, 4.69) is 15.6 Å². The van der Waals surface area contributed by atoms with Gasteiger partial charge in [-0.05, 0) is 43.2 Å². The maximum atomic E-state index is 12.5. The highest BCUT2D eigenvalue weighted by molar-refractivity contribution is 6.05. The van der Waals surface area contributed by atoms with Crippen molar-refractivity contribution in [1.82, 2.24) is 10.3 Å². The first-order chi connectivity index (χ1) is 11.6. The highest BCUT2D eigenvalue weighted by atomic mass is 16.2. The van der Waals surface area contributed by atoms with E-state index in [1.807, 2.05) is 38.1 Å². The number of nitrogens with one attached hydrogen (secondary N) is 2. The van der Waals surface area contributed by atoms with Crippen LogP contribution in [0.15, 0.2) is 42.7 Å². The van der Waals surface area contributed by atoms with Gasteiger partial charge in [-0.1, -0.05) is 13.0 Å². The predicted molar refractivity (Wildman–Crippen MR) is 93.3 cm³/mol. The lowest BCUT2D eigenvalue weighted by atomic mass is 10.1. The number of rotatable bonds is 4. The van der Waals surface area contributed by atoms with Gasteiger partial charge >= 0.3 is 6.03 Å². The van der Waals surface area contributed by atoms with Crippen molar-refractivity contribution in [3.63, 3.8) is 0 Å². The van der Waals surface area contributed by atoms with Crippen LogP contribution < -0.4 is 15.5 Å². The van der Waals surface area contributed by atoms with Crippen LogP contribution in [0.5, 0.6) is 0 Å². The van der Waals surface area contributed by atoms with Gasteiger partial charge in [0, 0.05) is 35.9 Å². The highest BCUT2D eigenvalue weighted by Crippen LogP contribution is 2.24. The zero-order chi connectivity index (χ0) is 17.1. The largest absolute Gasteiger partial charge is 0.336 e. The van der Waals surface area contributed by atoms with Gasteiger partial charge in [0.05, 0.1) is 6.04 Å². The lowest BCUT2D eigenvalue weighted by Gasteiger charge is -2.20. The van der Waals surface area contributed by atoms with Crippen LogP contribution >= 0.6 is 0 Å². The van der Waals surface area contributed by atoms with Crippen molar-refractivity contribution < 1.29 is 9.59 Å². The standard InChI is InChI=1S/C18H20N4O2/c1-3-13-11-19-8-7-16(13)17(23)21-14-5-4-6-15(9-14)22-12(2)10-20-18(22)24/h4-9,11-12H,3,10H2,1-2H3,(H,20,24)(H,21,23)/t12-/m1/s1. The van der Waals surface area contributed by atoms with Crippen LogP contribution in [0.1, 0.15) is 29.8 Å². The van der Waals surface area contributed by atoms with Crippen LogP contribution in [0.25, 0.3) is 0 Å². The Morgan fingerprint density at radius 2 is 2.25 bits per heavy atom. The third kappa shape index (κ3) is 3.08. The van der Waals surface area contributed by atoms with Crippen molar-refractivity contribution in [1.29, 1.82) is 0 Å². The molecule has 0 unspecified atom stereocenters. The second-order valence-corrected chi connectivity index (χ2v) is 5.80. The number of aryl methyl sites for hydroxylation is 1. The van der Waals surface area contributed by atoms with E-state index in [0.29, 0.717) is 17.8 Å². The molecule has 0 aliphatic carbocycles. The Morgan fingerprint density at radius 3 is 2.96 bits per heavy atom. The summed E-state index contributed by atoms with van der Waals surface area (Å²) in [6, 6.07) is 8.99. The molecule has 6 nitrogen and oxygen atoms in total. The van der Waals surface area contributed by atoms with Gasteiger partial charge < -0.3 is 10.6 Å². The fourth-order valence-electron chi connectivity index (χ4n) is 2.85. The minimum Gasteiger partial charge on any atom is -0.336 e. The van der Waals surface area contributed by atoms with Gasteiger partial charge in [-0.3, -0.25) is 14.7 Å². The summed E-state index contributed by atoms with van der Waals surface area (Å²) in [6.07, 6.45) is 4.06. The number of aromatic nitrogens is 1. The van der Waals surface area contributed by atoms with E-state index >= 15 is 0 Å². The van der Waals surface area contributed by atoms with Gasteiger partial charge in [0.1, 0.15) is 0 Å². The van der Waals surface area contributed by atoms with Crippen molar-refractivity contribution in [3.8, 4) is 0 Å². The summed E-state index contributed by atoms with van der Waals surface area (Å²) in [5.74, 6) is -0.176. The molecular formula is C18H20N4O2. The SMILES string of the molecule is CCc1cnccc1C(=O)Nc1cccc(N2C(=O)NC[C@H]2C)c1. The van der Waals surface area contributed by atoms with Gasteiger partial charge in [0.15, 0.2) is 0 Å². The molecule has 0 spiro atoms. The summed E-state index contributed by atoms with van der Waals surface area (Å²) >= 11 is 0. The highest BCUT2D eigenvalue weighted by Gasteiger charge is 2.28. The van der Waals surface area contributed by atoms with E-state index in [9.17, 15) is 9.59 Å². The fourth-order valence-corrected chi connectivity index (χ4v) is 2.85. The van der Waals surface area contributed by atoms with Gasteiger partial charge in [-0.15, -0.1) is 0 Å². The van der Waals surface area contributed by atoms with Crippen LogP contribution in [-0.4, -0.2) is 29.5 Å². The van der Waals surface area contributed by atoms with E-state index in [0.717, 1.165) is 17.7 Å². The molecule has 3 amide bonds. The summed E-state index contributed by atoms with van der Waals surface area (Å²) in [4.78, 5) is 30.2. The number of urea groups is 1. The molecule has 1 aliphatic rings. The van der Waals surface area contributed by atoms with E-state index in [1.165, 1.54) is 0 Å². The number of nitrogens with zero attached hydrogens (tertiary/aromatic N) is 2. The first-order valence-electron chi connectivity index (χ1n) is 8.01. The second kappa shape index (κ2) is 6.70. The van der Waals surface area contributed by atoms with Gasteiger partial charge in [-0.25, -0.2) is 4.79 Å². The van der Waals surface area contributed by atoms with E-state index < -0.39 is 0 Å². The zero-order valence-corrected chi connectivity index (χ0v) is 13.7. The lowest BCUT2D eigenvalue weighted by Crippen LogP contribution is -2.32. The molecule has 2 heterocycles.